The molecule has 1 aromatic heterocycles. The number of fused-ring (bicyclic) bond motifs is 1. The third-order valence-electron chi connectivity index (χ3n) is 4.13. The molecule has 0 unspecified atom stereocenters. The number of benzene rings is 3. The lowest BCUT2D eigenvalue weighted by Crippen LogP contribution is -1.98. The number of rotatable bonds is 3. The monoisotopic (exact) mass is 325 g/mol. The van der Waals surface area contributed by atoms with Gasteiger partial charge in [-0.15, -0.1) is 0 Å². The Balaban J connectivity index is 2.06. The van der Waals surface area contributed by atoms with Crippen molar-refractivity contribution in [3.8, 4) is 28.9 Å². The molecule has 3 aromatic carbocycles. The second kappa shape index (κ2) is 6.14. The number of nitrogens with zero attached hydrogens (tertiary/aromatic N) is 3. The van der Waals surface area contributed by atoms with Crippen LogP contribution in [0.25, 0.3) is 28.1 Å². The average molecular weight is 325 g/mol. The van der Waals surface area contributed by atoms with Gasteiger partial charge in [0.2, 0.25) is 0 Å². The molecular weight excluding hydrogens is 310 g/mol. The second-order valence-corrected chi connectivity index (χ2v) is 5.65. The van der Waals surface area contributed by atoms with Crippen molar-refractivity contribution < 1.29 is 4.74 Å². The molecule has 0 N–H and O–H groups in total. The Morgan fingerprint density at radius 2 is 1.80 bits per heavy atom. The van der Waals surface area contributed by atoms with Gasteiger partial charge in [-0.25, -0.2) is 4.98 Å². The van der Waals surface area contributed by atoms with Gasteiger partial charge in [0.15, 0.2) is 0 Å². The lowest BCUT2D eigenvalue weighted by molar-refractivity contribution is 0.415. The van der Waals surface area contributed by atoms with Crippen LogP contribution in [0.15, 0.2) is 72.8 Å². The predicted octanol–water partition coefficient (Wildman–Crippen LogP) is 4.57. The van der Waals surface area contributed by atoms with E-state index in [-0.39, 0.29) is 0 Å². The highest BCUT2D eigenvalue weighted by molar-refractivity contribution is 5.84. The number of nitriles is 1. The van der Waals surface area contributed by atoms with E-state index < -0.39 is 0 Å². The second-order valence-electron chi connectivity index (χ2n) is 5.65. The molecular formula is C21H15N3O. The maximum atomic E-state index is 9.25. The molecule has 0 fully saturated rings. The summed E-state index contributed by atoms with van der Waals surface area (Å²) in [5.41, 5.74) is 4.34. The van der Waals surface area contributed by atoms with Crippen LogP contribution in [-0.2, 0) is 0 Å². The zero-order valence-electron chi connectivity index (χ0n) is 13.7. The van der Waals surface area contributed by atoms with Gasteiger partial charge in [-0.05, 0) is 30.3 Å². The summed E-state index contributed by atoms with van der Waals surface area (Å²) < 4.78 is 7.44. The van der Waals surface area contributed by atoms with E-state index in [1.165, 1.54) is 0 Å². The van der Waals surface area contributed by atoms with Gasteiger partial charge >= 0.3 is 0 Å². The molecule has 4 rings (SSSR count). The summed E-state index contributed by atoms with van der Waals surface area (Å²) in [7, 11) is 1.65. The van der Waals surface area contributed by atoms with Crippen LogP contribution < -0.4 is 4.74 Å². The highest BCUT2D eigenvalue weighted by Crippen LogP contribution is 2.30. The molecule has 0 radical (unpaired) electrons. The van der Waals surface area contributed by atoms with E-state index in [1.807, 2.05) is 66.7 Å². The van der Waals surface area contributed by atoms with Gasteiger partial charge in [0.1, 0.15) is 11.6 Å². The van der Waals surface area contributed by atoms with Gasteiger partial charge in [0.05, 0.1) is 29.8 Å². The topological polar surface area (TPSA) is 50.8 Å². The SMILES string of the molecule is COc1ccc2nc(-c3ccccc3)n(-c3cccc(C#N)c3)c2c1. The van der Waals surface area contributed by atoms with E-state index in [1.54, 1.807) is 13.2 Å². The summed E-state index contributed by atoms with van der Waals surface area (Å²) in [6.07, 6.45) is 0. The number of hydrogen-bond acceptors (Lipinski definition) is 3. The standard InChI is InChI=1S/C21H15N3O/c1-25-18-10-11-19-20(13-18)24(17-9-5-6-15(12-17)14-22)21(23-19)16-7-3-2-4-8-16/h2-13H,1H3. The summed E-state index contributed by atoms with van der Waals surface area (Å²) in [5.74, 6) is 1.60. The Kier molecular flexibility index (Phi) is 3.68. The van der Waals surface area contributed by atoms with Crippen LogP contribution in [0.1, 0.15) is 5.56 Å². The molecule has 0 saturated carbocycles. The molecule has 25 heavy (non-hydrogen) atoms. The van der Waals surface area contributed by atoms with E-state index in [9.17, 15) is 5.26 Å². The zero-order chi connectivity index (χ0) is 17.2. The zero-order valence-corrected chi connectivity index (χ0v) is 13.7. The summed E-state index contributed by atoms with van der Waals surface area (Å²) in [6, 6.07) is 25.6. The molecule has 4 aromatic rings. The molecule has 0 bridgehead atoms. The molecule has 0 aliphatic heterocycles. The number of ether oxygens (including phenoxy) is 1. The summed E-state index contributed by atoms with van der Waals surface area (Å²) in [5, 5.41) is 9.25. The van der Waals surface area contributed by atoms with E-state index in [0.29, 0.717) is 5.56 Å². The smallest absolute Gasteiger partial charge is 0.145 e. The van der Waals surface area contributed by atoms with Crippen LogP contribution in [0.2, 0.25) is 0 Å². The third-order valence-corrected chi connectivity index (χ3v) is 4.13. The molecule has 0 spiro atoms. The molecule has 0 aliphatic rings. The third kappa shape index (κ3) is 2.62. The fourth-order valence-corrected chi connectivity index (χ4v) is 2.94. The summed E-state index contributed by atoms with van der Waals surface area (Å²) in [6.45, 7) is 0. The van der Waals surface area contributed by atoms with Crippen LogP contribution in [-0.4, -0.2) is 16.7 Å². The Bertz CT molecular complexity index is 1090. The molecule has 0 amide bonds. The quantitative estimate of drug-likeness (QED) is 0.554. The lowest BCUT2D eigenvalue weighted by atomic mass is 10.2. The Morgan fingerprint density at radius 1 is 0.960 bits per heavy atom. The van der Waals surface area contributed by atoms with Gasteiger partial charge < -0.3 is 4.74 Å². The maximum Gasteiger partial charge on any atom is 0.145 e. The van der Waals surface area contributed by atoms with Crippen molar-refractivity contribution >= 4 is 11.0 Å². The van der Waals surface area contributed by atoms with Crippen LogP contribution in [0.4, 0.5) is 0 Å². The van der Waals surface area contributed by atoms with Crippen molar-refractivity contribution in [2.24, 2.45) is 0 Å². The van der Waals surface area contributed by atoms with E-state index in [4.69, 9.17) is 9.72 Å². The van der Waals surface area contributed by atoms with Gasteiger partial charge in [0, 0.05) is 17.3 Å². The van der Waals surface area contributed by atoms with Crippen molar-refractivity contribution in [2.45, 2.75) is 0 Å². The first kappa shape index (κ1) is 15.0. The minimum Gasteiger partial charge on any atom is -0.497 e. The van der Waals surface area contributed by atoms with Crippen LogP contribution >= 0.6 is 0 Å². The largest absolute Gasteiger partial charge is 0.497 e. The number of hydrogen-bond donors (Lipinski definition) is 0. The Morgan fingerprint density at radius 3 is 2.56 bits per heavy atom. The summed E-state index contributed by atoms with van der Waals surface area (Å²) in [4.78, 5) is 4.81. The maximum absolute atomic E-state index is 9.25. The van der Waals surface area contributed by atoms with Crippen LogP contribution in [0.3, 0.4) is 0 Å². The molecule has 4 heteroatoms. The molecule has 4 nitrogen and oxygen atoms in total. The fraction of sp³-hybridized carbons (Fsp3) is 0.0476. The molecule has 1 heterocycles. The van der Waals surface area contributed by atoms with E-state index in [2.05, 4.69) is 10.6 Å². The average Bonchev–Trinajstić information content (AvgIpc) is 3.07. The minimum atomic E-state index is 0.612. The predicted molar refractivity (Wildman–Crippen MR) is 97.8 cm³/mol. The van der Waals surface area contributed by atoms with Crippen molar-refractivity contribution in [3.05, 3.63) is 78.4 Å². The first-order valence-corrected chi connectivity index (χ1v) is 7.92. The number of methoxy groups -OCH3 is 1. The van der Waals surface area contributed by atoms with Crippen molar-refractivity contribution in [1.82, 2.24) is 9.55 Å². The van der Waals surface area contributed by atoms with Gasteiger partial charge in [-0.3, -0.25) is 4.57 Å². The normalized spacial score (nSPS) is 10.6. The number of imidazole rings is 1. The Labute approximate surface area is 145 Å². The Hall–Kier alpha value is -3.58. The highest BCUT2D eigenvalue weighted by atomic mass is 16.5. The molecule has 120 valence electrons. The molecule has 0 atom stereocenters. The number of aromatic nitrogens is 2. The van der Waals surface area contributed by atoms with Crippen molar-refractivity contribution in [1.29, 1.82) is 5.26 Å². The van der Waals surface area contributed by atoms with Gasteiger partial charge in [0.25, 0.3) is 0 Å². The van der Waals surface area contributed by atoms with Crippen molar-refractivity contribution in [2.75, 3.05) is 7.11 Å². The van der Waals surface area contributed by atoms with E-state index in [0.717, 1.165) is 33.9 Å². The highest BCUT2D eigenvalue weighted by Gasteiger charge is 2.15. The fourth-order valence-electron chi connectivity index (χ4n) is 2.94. The van der Waals surface area contributed by atoms with E-state index >= 15 is 0 Å². The first-order valence-electron chi connectivity index (χ1n) is 7.92. The minimum absolute atomic E-state index is 0.612. The first-order chi connectivity index (χ1) is 12.3. The molecule has 0 saturated heterocycles. The van der Waals surface area contributed by atoms with Crippen LogP contribution in [0, 0.1) is 11.3 Å². The van der Waals surface area contributed by atoms with Crippen molar-refractivity contribution in [3.63, 3.8) is 0 Å². The molecule has 0 aliphatic carbocycles. The van der Waals surface area contributed by atoms with Gasteiger partial charge in [-0.1, -0.05) is 36.4 Å². The van der Waals surface area contributed by atoms with Crippen LogP contribution in [0.5, 0.6) is 5.75 Å². The van der Waals surface area contributed by atoms with Gasteiger partial charge in [-0.2, -0.15) is 5.26 Å². The summed E-state index contributed by atoms with van der Waals surface area (Å²) >= 11 is 0. The lowest BCUT2D eigenvalue weighted by Gasteiger charge is -2.10.